The second-order valence-corrected chi connectivity index (χ2v) is 7.82. The number of aromatic nitrogens is 5. The lowest BCUT2D eigenvalue weighted by Gasteiger charge is -2.17. The molecule has 0 bridgehead atoms. The Hall–Kier alpha value is -3.75. The minimum Gasteiger partial charge on any atom is -0.493 e. The molecule has 2 aliphatic rings. The summed E-state index contributed by atoms with van der Waals surface area (Å²) in [6, 6.07) is 5.07. The zero-order chi connectivity index (χ0) is 21.1. The second kappa shape index (κ2) is 6.63. The van der Waals surface area contributed by atoms with Gasteiger partial charge in [-0.2, -0.15) is 0 Å². The largest absolute Gasteiger partial charge is 0.493 e. The highest BCUT2D eigenvalue weighted by Gasteiger charge is 2.31. The molecule has 8 nitrogen and oxygen atoms in total. The number of hydrogen-bond acceptors (Lipinski definition) is 7. The number of nitrogens with zero attached hydrogens (tertiary/aromatic N) is 5. The highest BCUT2D eigenvalue weighted by atomic mass is 19.1. The van der Waals surface area contributed by atoms with E-state index in [1.165, 1.54) is 6.07 Å². The van der Waals surface area contributed by atoms with Gasteiger partial charge in [-0.1, -0.05) is 0 Å². The van der Waals surface area contributed by atoms with Crippen LogP contribution < -0.4 is 14.8 Å². The third-order valence-electron chi connectivity index (χ3n) is 5.91. The first-order valence-corrected chi connectivity index (χ1v) is 10.1. The van der Waals surface area contributed by atoms with Gasteiger partial charge in [-0.25, -0.2) is 14.4 Å². The smallest absolute Gasteiger partial charge is 0.170 e. The average molecular weight is 418 g/mol. The van der Waals surface area contributed by atoms with Crippen molar-refractivity contribution >= 4 is 11.5 Å². The van der Waals surface area contributed by atoms with Crippen LogP contribution in [0.5, 0.6) is 11.5 Å². The van der Waals surface area contributed by atoms with Crippen molar-refractivity contribution in [1.82, 2.24) is 24.6 Å². The highest BCUT2D eigenvalue weighted by molar-refractivity contribution is 5.82. The fraction of sp³-hybridized carbons (Fsp3) is 0.273. The lowest BCUT2D eigenvalue weighted by Crippen LogP contribution is -2.13. The van der Waals surface area contributed by atoms with Crippen molar-refractivity contribution in [2.24, 2.45) is 0 Å². The number of fused-ring (bicyclic) bond motifs is 3. The molecule has 1 atom stereocenters. The summed E-state index contributed by atoms with van der Waals surface area (Å²) in [6.07, 6.45) is 3.41. The van der Waals surface area contributed by atoms with Gasteiger partial charge in [0, 0.05) is 40.7 Å². The predicted octanol–water partition coefficient (Wildman–Crippen LogP) is 3.42. The Morgan fingerprint density at radius 1 is 1.13 bits per heavy atom. The van der Waals surface area contributed by atoms with Gasteiger partial charge in [-0.15, -0.1) is 10.2 Å². The molecule has 0 unspecified atom stereocenters. The first-order valence-electron chi connectivity index (χ1n) is 10.1. The Kier molecular flexibility index (Phi) is 3.86. The number of hydrogen-bond donors (Lipinski definition) is 1. The first kappa shape index (κ1) is 18.1. The number of rotatable bonds is 1. The van der Waals surface area contributed by atoms with Crippen molar-refractivity contribution in [3.05, 3.63) is 59.2 Å². The second-order valence-electron chi connectivity index (χ2n) is 7.82. The monoisotopic (exact) mass is 418 g/mol. The summed E-state index contributed by atoms with van der Waals surface area (Å²) in [7, 11) is 0. The molecule has 9 heteroatoms. The van der Waals surface area contributed by atoms with Crippen LogP contribution >= 0.6 is 0 Å². The third-order valence-corrected chi connectivity index (χ3v) is 5.91. The number of benzene rings is 1. The molecule has 0 amide bonds. The molecule has 4 aromatic rings. The number of aryl methyl sites for hydroxylation is 2. The average Bonchev–Trinajstić information content (AvgIpc) is 3.40. The fourth-order valence-corrected chi connectivity index (χ4v) is 4.43. The molecule has 1 aromatic carbocycles. The van der Waals surface area contributed by atoms with E-state index < -0.39 is 0 Å². The predicted molar refractivity (Wildman–Crippen MR) is 111 cm³/mol. The van der Waals surface area contributed by atoms with Crippen molar-refractivity contribution in [1.29, 1.82) is 0 Å². The van der Waals surface area contributed by atoms with E-state index in [1.54, 1.807) is 18.6 Å². The van der Waals surface area contributed by atoms with E-state index in [2.05, 4.69) is 25.5 Å². The van der Waals surface area contributed by atoms with Crippen molar-refractivity contribution < 1.29 is 13.9 Å². The number of nitrogens with one attached hydrogen (secondary N) is 1. The summed E-state index contributed by atoms with van der Waals surface area (Å²) in [6.45, 7) is 4.93. The van der Waals surface area contributed by atoms with Crippen molar-refractivity contribution in [2.45, 2.75) is 26.3 Å². The molecule has 0 aliphatic carbocycles. The molecule has 0 fully saturated rings. The van der Waals surface area contributed by atoms with E-state index in [-0.39, 0.29) is 11.7 Å². The standard InChI is InChI=1S/C22H19FN6O2/c1-11-15(6-24-12(2)27-11)14-5-19-22(29-10-26-28-21(14)29)25-7-16-17(23)3-4-18-20(16)13(8-30-18)9-31-19/h3-6,10,13,25H,7-9H2,1-2H3/t13-/m1/s1. The molecule has 1 N–H and O–H groups in total. The van der Waals surface area contributed by atoms with Crippen LogP contribution in [0.15, 0.2) is 30.7 Å². The Bertz CT molecular complexity index is 1350. The van der Waals surface area contributed by atoms with Gasteiger partial charge in [0.2, 0.25) is 0 Å². The van der Waals surface area contributed by atoms with Crippen LogP contribution in [0.3, 0.4) is 0 Å². The SMILES string of the molecule is Cc1ncc(-c2cc3c(n4cnnc24)NCc2c(F)ccc4c2[C@H](CO4)CO3)c(C)n1. The van der Waals surface area contributed by atoms with Gasteiger partial charge in [0.25, 0.3) is 0 Å². The van der Waals surface area contributed by atoms with Crippen molar-refractivity contribution in [3.63, 3.8) is 0 Å². The molecule has 6 rings (SSSR count). The molecule has 2 aliphatic heterocycles. The zero-order valence-electron chi connectivity index (χ0n) is 17.0. The lowest BCUT2D eigenvalue weighted by molar-refractivity contribution is 0.249. The van der Waals surface area contributed by atoms with Crippen LogP contribution in [0.1, 0.15) is 28.6 Å². The molecule has 0 saturated carbocycles. The molecule has 0 radical (unpaired) electrons. The normalized spacial score (nSPS) is 16.9. The van der Waals surface area contributed by atoms with E-state index in [4.69, 9.17) is 9.47 Å². The van der Waals surface area contributed by atoms with Gasteiger partial charge >= 0.3 is 0 Å². The van der Waals surface area contributed by atoms with Gasteiger partial charge in [-0.05, 0) is 32.0 Å². The number of pyridine rings is 1. The maximum atomic E-state index is 14.7. The van der Waals surface area contributed by atoms with E-state index in [0.717, 1.165) is 28.1 Å². The molecule has 5 heterocycles. The lowest BCUT2D eigenvalue weighted by atomic mass is 9.96. The van der Waals surface area contributed by atoms with E-state index in [9.17, 15) is 4.39 Å². The fourth-order valence-electron chi connectivity index (χ4n) is 4.43. The van der Waals surface area contributed by atoms with Crippen LogP contribution in [0, 0.1) is 19.7 Å². The molecular weight excluding hydrogens is 399 g/mol. The molecule has 0 spiro atoms. The Labute approximate surface area is 177 Å². The van der Waals surface area contributed by atoms with Crippen LogP contribution in [0.25, 0.3) is 16.8 Å². The van der Waals surface area contributed by atoms with Crippen LogP contribution in [0.2, 0.25) is 0 Å². The molecular formula is C22H19FN6O2. The van der Waals surface area contributed by atoms with Gasteiger partial charge < -0.3 is 14.8 Å². The molecule has 31 heavy (non-hydrogen) atoms. The van der Waals surface area contributed by atoms with E-state index >= 15 is 0 Å². The van der Waals surface area contributed by atoms with Gasteiger partial charge in [-0.3, -0.25) is 4.40 Å². The maximum absolute atomic E-state index is 14.7. The van der Waals surface area contributed by atoms with Crippen LogP contribution in [-0.4, -0.2) is 37.8 Å². The topological polar surface area (TPSA) is 86.5 Å². The third kappa shape index (κ3) is 2.73. The van der Waals surface area contributed by atoms with Gasteiger partial charge in [0.15, 0.2) is 17.2 Å². The minimum atomic E-state index is -0.255. The quantitative estimate of drug-likeness (QED) is 0.507. The minimum absolute atomic E-state index is 0.0436. The summed E-state index contributed by atoms with van der Waals surface area (Å²) in [5, 5.41) is 11.8. The van der Waals surface area contributed by atoms with Gasteiger partial charge in [0.1, 0.15) is 23.7 Å². The summed E-state index contributed by atoms with van der Waals surface area (Å²) in [5.41, 5.74) is 4.65. The molecule has 3 aromatic heterocycles. The number of halogens is 1. The summed E-state index contributed by atoms with van der Waals surface area (Å²) in [5.74, 6) is 2.43. The van der Waals surface area contributed by atoms with Crippen molar-refractivity contribution in [3.8, 4) is 22.6 Å². The summed E-state index contributed by atoms with van der Waals surface area (Å²) in [4.78, 5) is 8.84. The van der Waals surface area contributed by atoms with E-state index in [1.807, 2.05) is 24.3 Å². The van der Waals surface area contributed by atoms with Gasteiger partial charge in [0.05, 0.1) is 19.1 Å². The van der Waals surface area contributed by atoms with E-state index in [0.29, 0.717) is 48.4 Å². The Morgan fingerprint density at radius 2 is 1.97 bits per heavy atom. The summed E-state index contributed by atoms with van der Waals surface area (Å²) >= 11 is 0. The zero-order valence-corrected chi connectivity index (χ0v) is 17.0. The van der Waals surface area contributed by atoms with Crippen molar-refractivity contribution in [2.75, 3.05) is 18.5 Å². The highest BCUT2D eigenvalue weighted by Crippen LogP contribution is 2.42. The Morgan fingerprint density at radius 3 is 2.81 bits per heavy atom. The Balaban J connectivity index is 1.53. The van der Waals surface area contributed by atoms with Crippen LogP contribution in [-0.2, 0) is 6.54 Å². The first-order chi connectivity index (χ1) is 15.1. The number of anilines is 1. The summed E-state index contributed by atoms with van der Waals surface area (Å²) < 4.78 is 28.6. The number of ether oxygens (including phenoxy) is 2. The molecule has 0 saturated heterocycles. The van der Waals surface area contributed by atoms with Crippen LogP contribution in [0.4, 0.5) is 10.2 Å². The molecule has 156 valence electrons. The maximum Gasteiger partial charge on any atom is 0.170 e.